The van der Waals surface area contributed by atoms with E-state index in [-0.39, 0.29) is 24.3 Å². The third-order valence-corrected chi connectivity index (χ3v) is 5.68. The Morgan fingerprint density at radius 2 is 2.07 bits per heavy atom. The van der Waals surface area contributed by atoms with Gasteiger partial charge < -0.3 is 14.1 Å². The quantitative estimate of drug-likeness (QED) is 0.440. The first kappa shape index (κ1) is 19.8. The Labute approximate surface area is 167 Å². The molecule has 1 aromatic carbocycles. The van der Waals surface area contributed by atoms with Gasteiger partial charge in [0.2, 0.25) is 5.91 Å². The van der Waals surface area contributed by atoms with Crippen molar-refractivity contribution in [2.75, 3.05) is 14.2 Å². The molecule has 0 saturated carbocycles. The first-order valence-corrected chi connectivity index (χ1v) is 9.75. The second kappa shape index (κ2) is 8.84. The number of methoxy groups -OCH3 is 1. The molecule has 1 amide bonds. The van der Waals surface area contributed by atoms with E-state index in [0.29, 0.717) is 17.9 Å². The lowest BCUT2D eigenvalue weighted by atomic mass is 10.2. The lowest BCUT2D eigenvalue weighted by Gasteiger charge is -2.21. The van der Waals surface area contributed by atoms with Gasteiger partial charge in [0, 0.05) is 19.5 Å². The Morgan fingerprint density at radius 1 is 1.29 bits per heavy atom. The van der Waals surface area contributed by atoms with Gasteiger partial charge in [-0.15, -0.1) is 11.3 Å². The molecule has 3 aromatic rings. The maximum Gasteiger partial charge on any atom is 0.305 e. The summed E-state index contributed by atoms with van der Waals surface area (Å²) in [7, 11) is 3.11. The molecule has 28 heavy (non-hydrogen) atoms. The van der Waals surface area contributed by atoms with E-state index in [4.69, 9.17) is 4.42 Å². The highest BCUT2D eigenvalue weighted by Crippen LogP contribution is 2.29. The predicted molar refractivity (Wildman–Crippen MR) is 109 cm³/mol. The molecule has 0 aliphatic carbocycles. The van der Waals surface area contributed by atoms with Gasteiger partial charge in [0.05, 0.1) is 29.8 Å². The molecule has 0 saturated heterocycles. The normalized spacial score (nSPS) is 12.4. The SMILES string of the molecule is COC(=O)CCc1ccc(/C=C/C(=O)N(C)[C@H](C)c2nc3ccccc3s2)o1. The Bertz CT molecular complexity index is 972. The highest BCUT2D eigenvalue weighted by Gasteiger charge is 2.19. The smallest absolute Gasteiger partial charge is 0.305 e. The minimum atomic E-state index is -0.283. The van der Waals surface area contributed by atoms with Gasteiger partial charge in [-0.2, -0.15) is 0 Å². The van der Waals surface area contributed by atoms with Gasteiger partial charge in [0.1, 0.15) is 16.5 Å². The number of thiazole rings is 1. The van der Waals surface area contributed by atoms with Crippen LogP contribution < -0.4 is 0 Å². The number of esters is 1. The number of ether oxygens (including phenoxy) is 1. The summed E-state index contributed by atoms with van der Waals surface area (Å²) in [5.41, 5.74) is 0.945. The molecule has 0 unspecified atom stereocenters. The molecule has 7 heteroatoms. The molecule has 0 aliphatic heterocycles. The highest BCUT2D eigenvalue weighted by molar-refractivity contribution is 7.18. The molecule has 0 fully saturated rings. The predicted octanol–water partition coefficient (Wildman–Crippen LogP) is 4.23. The third kappa shape index (κ3) is 4.67. The molecule has 1 atom stereocenters. The fourth-order valence-electron chi connectivity index (χ4n) is 2.64. The number of rotatable bonds is 7. The second-order valence-corrected chi connectivity index (χ2v) is 7.42. The zero-order valence-electron chi connectivity index (χ0n) is 16.0. The maximum absolute atomic E-state index is 12.5. The zero-order valence-corrected chi connectivity index (χ0v) is 16.9. The van der Waals surface area contributed by atoms with E-state index in [2.05, 4.69) is 9.72 Å². The van der Waals surface area contributed by atoms with Gasteiger partial charge in [-0.05, 0) is 37.3 Å². The minimum absolute atomic E-state index is 0.137. The first-order chi connectivity index (χ1) is 13.5. The molecule has 0 aliphatic rings. The van der Waals surface area contributed by atoms with E-state index in [9.17, 15) is 9.59 Å². The molecule has 3 rings (SSSR count). The molecule has 2 heterocycles. The van der Waals surface area contributed by atoms with Crippen LogP contribution in [0.5, 0.6) is 0 Å². The molecule has 2 aromatic heterocycles. The summed E-state index contributed by atoms with van der Waals surface area (Å²) in [6.45, 7) is 1.96. The summed E-state index contributed by atoms with van der Waals surface area (Å²) >= 11 is 1.59. The number of furan rings is 1. The number of aryl methyl sites for hydroxylation is 1. The number of para-hydroxylation sites is 1. The number of aromatic nitrogens is 1. The van der Waals surface area contributed by atoms with Crippen LogP contribution in [0.2, 0.25) is 0 Å². The maximum atomic E-state index is 12.5. The molecule has 0 spiro atoms. The van der Waals surface area contributed by atoms with E-state index in [0.717, 1.165) is 15.2 Å². The van der Waals surface area contributed by atoms with Crippen LogP contribution in [0.1, 0.15) is 35.9 Å². The van der Waals surface area contributed by atoms with Gasteiger partial charge in [0.15, 0.2) is 0 Å². The Kier molecular flexibility index (Phi) is 6.26. The molecule has 0 radical (unpaired) electrons. The van der Waals surface area contributed by atoms with E-state index < -0.39 is 0 Å². The summed E-state index contributed by atoms with van der Waals surface area (Å²) in [6.07, 6.45) is 3.83. The monoisotopic (exact) mass is 398 g/mol. The van der Waals surface area contributed by atoms with Crippen molar-refractivity contribution in [1.82, 2.24) is 9.88 Å². The van der Waals surface area contributed by atoms with Gasteiger partial charge in [-0.25, -0.2) is 4.98 Å². The van der Waals surface area contributed by atoms with Crippen molar-refractivity contribution in [3.8, 4) is 0 Å². The van der Waals surface area contributed by atoms with Gasteiger partial charge in [-0.3, -0.25) is 9.59 Å². The van der Waals surface area contributed by atoms with Crippen molar-refractivity contribution < 1.29 is 18.7 Å². The summed E-state index contributed by atoms with van der Waals surface area (Å²) < 4.78 is 11.3. The molecule has 146 valence electrons. The largest absolute Gasteiger partial charge is 0.469 e. The van der Waals surface area contributed by atoms with Crippen LogP contribution in [-0.2, 0) is 20.7 Å². The van der Waals surface area contributed by atoms with E-state index in [1.807, 2.05) is 31.2 Å². The number of carbonyl (C=O) groups is 2. The van der Waals surface area contributed by atoms with Gasteiger partial charge >= 0.3 is 5.97 Å². The fourth-order valence-corrected chi connectivity index (χ4v) is 3.70. The van der Waals surface area contributed by atoms with Gasteiger partial charge in [-0.1, -0.05) is 12.1 Å². The first-order valence-electron chi connectivity index (χ1n) is 8.94. The van der Waals surface area contributed by atoms with Crippen molar-refractivity contribution in [3.63, 3.8) is 0 Å². The summed E-state index contributed by atoms with van der Waals surface area (Å²) in [5.74, 6) is 0.816. The minimum Gasteiger partial charge on any atom is -0.469 e. The third-order valence-electron chi connectivity index (χ3n) is 4.47. The van der Waals surface area contributed by atoms with E-state index >= 15 is 0 Å². The summed E-state index contributed by atoms with van der Waals surface area (Å²) in [6, 6.07) is 11.4. The molecule has 6 nitrogen and oxygen atoms in total. The average Bonchev–Trinajstić information content (AvgIpc) is 3.35. The standard InChI is InChI=1S/C21H22N2O4S/c1-14(21-22-17-6-4-5-7-18(17)28-21)23(2)19(24)12-10-15-8-9-16(27-15)11-13-20(25)26-3/h4-10,12,14H,11,13H2,1-3H3/b12-10+/t14-/m1/s1. The second-order valence-electron chi connectivity index (χ2n) is 6.36. The number of likely N-dealkylation sites (N-methyl/N-ethyl adjacent to an activating group) is 1. The molecular weight excluding hydrogens is 376 g/mol. The van der Waals surface area contributed by atoms with Crippen molar-refractivity contribution >= 4 is 39.5 Å². The Balaban J connectivity index is 1.61. The van der Waals surface area contributed by atoms with Crippen molar-refractivity contribution in [1.29, 1.82) is 0 Å². The lowest BCUT2D eigenvalue weighted by Crippen LogP contribution is -2.27. The van der Waals surface area contributed by atoms with Crippen LogP contribution in [-0.4, -0.2) is 35.9 Å². The van der Waals surface area contributed by atoms with Gasteiger partial charge in [0.25, 0.3) is 0 Å². The molecule has 0 bridgehead atoms. The van der Waals surface area contributed by atoms with Crippen molar-refractivity contribution in [2.24, 2.45) is 0 Å². The number of amides is 1. The van der Waals surface area contributed by atoms with E-state index in [1.165, 1.54) is 13.2 Å². The fraction of sp³-hybridized carbons (Fsp3) is 0.286. The van der Waals surface area contributed by atoms with E-state index in [1.54, 1.807) is 41.5 Å². The Hall–Kier alpha value is -2.93. The van der Waals surface area contributed by atoms with Crippen LogP contribution in [0, 0.1) is 0 Å². The van der Waals surface area contributed by atoms with Crippen molar-refractivity contribution in [2.45, 2.75) is 25.8 Å². The number of benzene rings is 1. The number of fused-ring (bicyclic) bond motifs is 1. The average molecular weight is 398 g/mol. The number of hydrogen-bond acceptors (Lipinski definition) is 6. The summed E-state index contributed by atoms with van der Waals surface area (Å²) in [4.78, 5) is 30.0. The highest BCUT2D eigenvalue weighted by atomic mass is 32.1. The number of carbonyl (C=O) groups excluding carboxylic acids is 2. The van der Waals surface area contributed by atoms with Crippen LogP contribution in [0.25, 0.3) is 16.3 Å². The van der Waals surface area contributed by atoms with Crippen molar-refractivity contribution in [3.05, 3.63) is 59.0 Å². The number of hydrogen-bond donors (Lipinski definition) is 0. The topological polar surface area (TPSA) is 72.6 Å². The zero-order chi connectivity index (χ0) is 20.1. The lowest BCUT2D eigenvalue weighted by molar-refractivity contribution is -0.140. The van der Waals surface area contributed by atoms with Crippen LogP contribution >= 0.6 is 11.3 Å². The summed E-state index contributed by atoms with van der Waals surface area (Å²) in [5, 5.41) is 0.897. The number of nitrogens with zero attached hydrogens (tertiary/aromatic N) is 2. The van der Waals surface area contributed by atoms with Crippen LogP contribution in [0.4, 0.5) is 0 Å². The van der Waals surface area contributed by atoms with Crippen LogP contribution in [0.3, 0.4) is 0 Å². The molecular formula is C21H22N2O4S. The Morgan fingerprint density at radius 3 is 2.82 bits per heavy atom. The van der Waals surface area contributed by atoms with Crippen LogP contribution in [0.15, 0.2) is 46.9 Å². The molecule has 0 N–H and O–H groups in total.